The van der Waals surface area contributed by atoms with Crippen LogP contribution >= 0.6 is 0 Å². The summed E-state index contributed by atoms with van der Waals surface area (Å²) < 4.78 is 19.0. The first-order valence-corrected chi connectivity index (χ1v) is 6.70. The van der Waals surface area contributed by atoms with Crippen molar-refractivity contribution in [1.29, 1.82) is 0 Å². The molecule has 0 bridgehead atoms. The number of aryl methyl sites for hydroxylation is 1. The molecule has 1 aromatic heterocycles. The van der Waals surface area contributed by atoms with Gasteiger partial charge in [-0.25, -0.2) is 9.37 Å². The summed E-state index contributed by atoms with van der Waals surface area (Å²) in [5.41, 5.74) is 8.12. The van der Waals surface area contributed by atoms with Crippen LogP contribution in [-0.2, 0) is 6.54 Å². The Labute approximate surface area is 122 Å². The number of rotatable bonds is 3. The van der Waals surface area contributed by atoms with Gasteiger partial charge in [-0.2, -0.15) is 0 Å². The Balaban J connectivity index is 2.02. The number of pyridine rings is 1. The van der Waals surface area contributed by atoms with Gasteiger partial charge in [-0.1, -0.05) is 18.2 Å². The van der Waals surface area contributed by atoms with E-state index in [4.69, 9.17) is 10.5 Å². The highest BCUT2D eigenvalue weighted by Gasteiger charge is 2.07. The first-order valence-electron chi connectivity index (χ1n) is 6.70. The second kappa shape index (κ2) is 5.50. The largest absolute Gasteiger partial charge is 0.439 e. The van der Waals surface area contributed by atoms with Gasteiger partial charge in [0.1, 0.15) is 11.6 Å². The Kier molecular flexibility index (Phi) is 3.54. The number of para-hydroxylation sites is 1. The van der Waals surface area contributed by atoms with Gasteiger partial charge in [-0.3, -0.25) is 0 Å². The van der Waals surface area contributed by atoms with Gasteiger partial charge in [-0.05, 0) is 42.3 Å². The first-order chi connectivity index (χ1) is 10.2. The van der Waals surface area contributed by atoms with Crippen LogP contribution in [0.3, 0.4) is 0 Å². The molecule has 3 rings (SSSR count). The molecule has 0 aliphatic carbocycles. The molecular formula is C17H15FN2O. The quantitative estimate of drug-likeness (QED) is 0.791. The molecule has 0 aliphatic heterocycles. The standard InChI is InChI=1S/C17H15FN2O/c1-11-8-13(6-7-15(11)18)21-17-9-12(10-19)14-4-2-3-5-16(14)20-17/h2-9H,10,19H2,1H3. The van der Waals surface area contributed by atoms with E-state index in [0.29, 0.717) is 23.7 Å². The number of nitrogens with zero attached hydrogens (tertiary/aromatic N) is 1. The molecule has 0 radical (unpaired) electrons. The van der Waals surface area contributed by atoms with Gasteiger partial charge < -0.3 is 10.5 Å². The van der Waals surface area contributed by atoms with E-state index in [2.05, 4.69) is 4.98 Å². The number of halogens is 1. The van der Waals surface area contributed by atoms with Crippen molar-refractivity contribution >= 4 is 10.9 Å². The highest BCUT2D eigenvalue weighted by atomic mass is 19.1. The Bertz CT molecular complexity index is 802. The maximum Gasteiger partial charge on any atom is 0.220 e. The smallest absolute Gasteiger partial charge is 0.220 e. The third-order valence-corrected chi connectivity index (χ3v) is 3.35. The fraction of sp³-hybridized carbons (Fsp3) is 0.118. The molecule has 0 aliphatic rings. The third kappa shape index (κ3) is 2.71. The van der Waals surface area contributed by atoms with E-state index >= 15 is 0 Å². The van der Waals surface area contributed by atoms with Crippen LogP contribution in [0.25, 0.3) is 10.9 Å². The molecule has 1 heterocycles. The number of aromatic nitrogens is 1. The maximum absolute atomic E-state index is 13.3. The lowest BCUT2D eigenvalue weighted by Crippen LogP contribution is -2.00. The zero-order chi connectivity index (χ0) is 14.8. The summed E-state index contributed by atoms with van der Waals surface area (Å²) in [6, 6.07) is 14.2. The summed E-state index contributed by atoms with van der Waals surface area (Å²) in [6.45, 7) is 2.10. The second-order valence-electron chi connectivity index (χ2n) is 4.85. The highest BCUT2D eigenvalue weighted by molar-refractivity contribution is 5.82. The normalized spacial score (nSPS) is 10.8. The summed E-state index contributed by atoms with van der Waals surface area (Å²) in [4.78, 5) is 4.46. The molecule has 3 aromatic rings. The average molecular weight is 282 g/mol. The summed E-state index contributed by atoms with van der Waals surface area (Å²) in [5.74, 6) is 0.760. The Morgan fingerprint density at radius 1 is 1.14 bits per heavy atom. The van der Waals surface area contributed by atoms with Crippen molar-refractivity contribution in [3.63, 3.8) is 0 Å². The number of fused-ring (bicyclic) bond motifs is 1. The van der Waals surface area contributed by atoms with Crippen molar-refractivity contribution in [3.8, 4) is 11.6 Å². The molecule has 0 spiro atoms. The minimum Gasteiger partial charge on any atom is -0.439 e. The van der Waals surface area contributed by atoms with Crippen LogP contribution in [0.1, 0.15) is 11.1 Å². The van der Waals surface area contributed by atoms with E-state index in [1.807, 2.05) is 30.3 Å². The zero-order valence-electron chi connectivity index (χ0n) is 11.6. The van der Waals surface area contributed by atoms with Crippen LogP contribution in [-0.4, -0.2) is 4.98 Å². The van der Waals surface area contributed by atoms with Crippen LogP contribution in [0.2, 0.25) is 0 Å². The summed E-state index contributed by atoms with van der Waals surface area (Å²) >= 11 is 0. The van der Waals surface area contributed by atoms with Gasteiger partial charge in [0.05, 0.1) is 5.52 Å². The Morgan fingerprint density at radius 3 is 2.71 bits per heavy atom. The van der Waals surface area contributed by atoms with Crippen LogP contribution in [0.15, 0.2) is 48.5 Å². The average Bonchev–Trinajstić information content (AvgIpc) is 2.50. The minimum atomic E-state index is -0.253. The Morgan fingerprint density at radius 2 is 1.95 bits per heavy atom. The molecule has 21 heavy (non-hydrogen) atoms. The van der Waals surface area contributed by atoms with E-state index < -0.39 is 0 Å². The van der Waals surface area contributed by atoms with Crippen LogP contribution in [0.4, 0.5) is 4.39 Å². The van der Waals surface area contributed by atoms with Crippen molar-refractivity contribution in [2.45, 2.75) is 13.5 Å². The fourth-order valence-corrected chi connectivity index (χ4v) is 2.24. The minimum absolute atomic E-state index is 0.253. The van der Waals surface area contributed by atoms with Crippen molar-refractivity contribution in [2.24, 2.45) is 5.73 Å². The maximum atomic E-state index is 13.3. The van der Waals surface area contributed by atoms with Gasteiger partial charge in [0.15, 0.2) is 0 Å². The van der Waals surface area contributed by atoms with Crippen molar-refractivity contribution in [3.05, 3.63) is 65.5 Å². The van der Waals surface area contributed by atoms with Crippen LogP contribution in [0, 0.1) is 12.7 Å². The molecule has 0 fully saturated rings. The third-order valence-electron chi connectivity index (χ3n) is 3.35. The molecular weight excluding hydrogens is 267 g/mol. The monoisotopic (exact) mass is 282 g/mol. The molecule has 3 nitrogen and oxygen atoms in total. The van der Waals surface area contributed by atoms with E-state index in [1.165, 1.54) is 6.07 Å². The van der Waals surface area contributed by atoms with Crippen molar-refractivity contribution in [1.82, 2.24) is 4.98 Å². The molecule has 2 N–H and O–H groups in total. The molecule has 4 heteroatoms. The molecule has 0 saturated heterocycles. The van der Waals surface area contributed by atoms with Crippen molar-refractivity contribution in [2.75, 3.05) is 0 Å². The highest BCUT2D eigenvalue weighted by Crippen LogP contribution is 2.26. The van der Waals surface area contributed by atoms with Crippen molar-refractivity contribution < 1.29 is 9.13 Å². The molecule has 0 amide bonds. The fourth-order valence-electron chi connectivity index (χ4n) is 2.24. The zero-order valence-corrected chi connectivity index (χ0v) is 11.6. The molecule has 0 atom stereocenters. The first kappa shape index (κ1) is 13.5. The summed E-state index contributed by atoms with van der Waals surface area (Å²) in [7, 11) is 0. The van der Waals surface area contributed by atoms with Gasteiger partial charge in [-0.15, -0.1) is 0 Å². The van der Waals surface area contributed by atoms with Crippen LogP contribution in [0.5, 0.6) is 11.6 Å². The van der Waals surface area contributed by atoms with E-state index in [1.54, 1.807) is 19.1 Å². The van der Waals surface area contributed by atoms with E-state index in [9.17, 15) is 4.39 Å². The number of ether oxygens (including phenoxy) is 1. The number of nitrogens with two attached hydrogens (primary N) is 1. The SMILES string of the molecule is Cc1cc(Oc2cc(CN)c3ccccc3n2)ccc1F. The lowest BCUT2D eigenvalue weighted by Gasteiger charge is -2.10. The van der Waals surface area contributed by atoms with Gasteiger partial charge in [0.2, 0.25) is 5.88 Å². The molecule has 2 aromatic carbocycles. The molecule has 0 saturated carbocycles. The summed E-state index contributed by atoms with van der Waals surface area (Å²) in [5, 5.41) is 1.02. The van der Waals surface area contributed by atoms with E-state index in [0.717, 1.165) is 16.5 Å². The Hall–Kier alpha value is -2.46. The lowest BCUT2D eigenvalue weighted by molar-refractivity contribution is 0.462. The van der Waals surface area contributed by atoms with Gasteiger partial charge in [0, 0.05) is 18.0 Å². The lowest BCUT2D eigenvalue weighted by atomic mass is 10.1. The predicted octanol–water partition coefficient (Wildman–Crippen LogP) is 3.93. The number of hydrogen-bond donors (Lipinski definition) is 1. The topological polar surface area (TPSA) is 48.1 Å². The second-order valence-corrected chi connectivity index (χ2v) is 4.85. The van der Waals surface area contributed by atoms with Gasteiger partial charge >= 0.3 is 0 Å². The number of benzene rings is 2. The molecule has 106 valence electrons. The van der Waals surface area contributed by atoms with Crippen LogP contribution < -0.4 is 10.5 Å². The van der Waals surface area contributed by atoms with Gasteiger partial charge in [0.25, 0.3) is 0 Å². The molecule has 0 unspecified atom stereocenters. The number of hydrogen-bond acceptors (Lipinski definition) is 3. The predicted molar refractivity (Wildman–Crippen MR) is 80.8 cm³/mol. The summed E-state index contributed by atoms with van der Waals surface area (Å²) in [6.07, 6.45) is 0. The van der Waals surface area contributed by atoms with E-state index in [-0.39, 0.29) is 5.82 Å².